The molecule has 1 N–H and O–H groups in total. The molecule has 2 aromatic rings. The van der Waals surface area contributed by atoms with Crippen molar-refractivity contribution >= 4 is 0 Å². The highest BCUT2D eigenvalue weighted by molar-refractivity contribution is 5.16. The normalized spacial score (nSPS) is 11.4. The first kappa shape index (κ1) is 13.7. The third kappa shape index (κ3) is 3.01. The summed E-state index contributed by atoms with van der Waals surface area (Å²) < 4.78 is 3.92. The Balaban J connectivity index is 2.15. The second-order valence-corrected chi connectivity index (χ2v) is 4.91. The fourth-order valence-electron chi connectivity index (χ4n) is 2.03. The molecule has 104 valence electrons. The van der Waals surface area contributed by atoms with Crippen molar-refractivity contribution in [2.24, 2.45) is 0 Å². The largest absolute Gasteiger partial charge is 0.313 e. The molecule has 0 saturated heterocycles. The summed E-state index contributed by atoms with van der Waals surface area (Å²) in [6.07, 6.45) is 3.53. The van der Waals surface area contributed by atoms with Gasteiger partial charge >= 0.3 is 0 Å². The Labute approximate surface area is 113 Å². The van der Waals surface area contributed by atoms with Gasteiger partial charge in [0.25, 0.3) is 0 Å². The Morgan fingerprint density at radius 3 is 2.79 bits per heavy atom. The second kappa shape index (κ2) is 5.97. The van der Waals surface area contributed by atoms with Gasteiger partial charge in [-0.3, -0.25) is 4.68 Å². The van der Waals surface area contributed by atoms with E-state index in [1.165, 1.54) is 11.3 Å². The molecule has 0 amide bonds. The first-order valence-electron chi connectivity index (χ1n) is 6.73. The monoisotopic (exact) mass is 262 g/mol. The Morgan fingerprint density at radius 1 is 1.32 bits per heavy atom. The minimum atomic E-state index is 0.314. The molecule has 0 fully saturated rings. The number of hydrogen-bond acceptors (Lipinski definition) is 4. The third-order valence-electron chi connectivity index (χ3n) is 3.20. The Bertz CT molecular complexity index is 525. The summed E-state index contributed by atoms with van der Waals surface area (Å²) in [6, 6.07) is 0.314. The summed E-state index contributed by atoms with van der Waals surface area (Å²) in [6.45, 7) is 10.9. The highest BCUT2D eigenvalue weighted by atomic mass is 15.4. The molecule has 0 unspecified atom stereocenters. The van der Waals surface area contributed by atoms with Gasteiger partial charge in [-0.2, -0.15) is 10.2 Å². The predicted octanol–water partition coefficient (Wildman–Crippen LogP) is 1.52. The van der Waals surface area contributed by atoms with E-state index in [0.29, 0.717) is 12.6 Å². The lowest BCUT2D eigenvalue weighted by atomic mass is 10.2. The van der Waals surface area contributed by atoms with E-state index in [9.17, 15) is 0 Å². The van der Waals surface area contributed by atoms with Gasteiger partial charge in [0.05, 0.1) is 6.20 Å². The lowest BCUT2D eigenvalue weighted by Gasteiger charge is -2.10. The van der Waals surface area contributed by atoms with E-state index in [1.807, 2.05) is 15.6 Å². The predicted molar refractivity (Wildman–Crippen MR) is 73.9 cm³/mol. The van der Waals surface area contributed by atoms with Crippen molar-refractivity contribution in [3.63, 3.8) is 0 Å². The van der Waals surface area contributed by atoms with Crippen LogP contribution in [0.25, 0.3) is 0 Å². The molecule has 0 bridgehead atoms. The molecular weight excluding hydrogens is 240 g/mol. The highest BCUT2D eigenvalue weighted by Crippen LogP contribution is 2.11. The zero-order valence-electron chi connectivity index (χ0n) is 12.1. The molecule has 0 saturated carbocycles. The first-order chi connectivity index (χ1) is 9.13. The molecule has 2 aromatic heterocycles. The third-order valence-corrected chi connectivity index (χ3v) is 3.20. The van der Waals surface area contributed by atoms with Crippen LogP contribution >= 0.6 is 0 Å². The Morgan fingerprint density at radius 2 is 2.11 bits per heavy atom. The van der Waals surface area contributed by atoms with E-state index in [4.69, 9.17) is 0 Å². The van der Waals surface area contributed by atoms with E-state index in [1.54, 1.807) is 6.33 Å². The van der Waals surface area contributed by atoms with E-state index in [0.717, 1.165) is 18.9 Å². The summed E-state index contributed by atoms with van der Waals surface area (Å²) in [7, 11) is 0. The first-order valence-corrected chi connectivity index (χ1v) is 6.73. The summed E-state index contributed by atoms with van der Waals surface area (Å²) in [5, 5.41) is 12.0. The zero-order chi connectivity index (χ0) is 13.8. The van der Waals surface area contributed by atoms with E-state index in [-0.39, 0.29) is 0 Å². The highest BCUT2D eigenvalue weighted by Gasteiger charge is 2.11. The van der Waals surface area contributed by atoms with Crippen LogP contribution in [0.4, 0.5) is 0 Å². The van der Waals surface area contributed by atoms with Crippen LogP contribution in [0.3, 0.4) is 0 Å². The molecule has 0 atom stereocenters. The van der Waals surface area contributed by atoms with Crippen LogP contribution in [0.15, 0.2) is 12.5 Å². The van der Waals surface area contributed by atoms with Crippen LogP contribution in [0.1, 0.15) is 43.9 Å². The van der Waals surface area contributed by atoms with Gasteiger partial charge < -0.3 is 5.32 Å². The molecule has 0 aliphatic carbocycles. The molecule has 6 nitrogen and oxygen atoms in total. The lowest BCUT2D eigenvalue weighted by Crippen LogP contribution is -2.15. The molecule has 0 spiro atoms. The summed E-state index contributed by atoms with van der Waals surface area (Å²) in [4.78, 5) is 4.32. The van der Waals surface area contributed by atoms with Gasteiger partial charge in [-0.25, -0.2) is 9.67 Å². The minimum Gasteiger partial charge on any atom is -0.313 e. The Kier molecular flexibility index (Phi) is 4.31. The van der Waals surface area contributed by atoms with Crippen molar-refractivity contribution in [2.75, 3.05) is 6.54 Å². The topological polar surface area (TPSA) is 60.6 Å². The quantitative estimate of drug-likeness (QED) is 0.857. The van der Waals surface area contributed by atoms with Crippen molar-refractivity contribution in [1.29, 1.82) is 0 Å². The van der Waals surface area contributed by atoms with Gasteiger partial charge in [-0.05, 0) is 27.3 Å². The fraction of sp³-hybridized carbons (Fsp3) is 0.615. The maximum atomic E-state index is 4.44. The van der Waals surface area contributed by atoms with Crippen LogP contribution in [-0.4, -0.2) is 31.1 Å². The van der Waals surface area contributed by atoms with Crippen LogP contribution in [-0.2, 0) is 13.1 Å². The molecule has 0 aliphatic heterocycles. The van der Waals surface area contributed by atoms with Gasteiger partial charge in [-0.15, -0.1) is 0 Å². The SMILES string of the molecule is CCNCc1cnn(Cc2ncnn2C(C)C)c1C. The van der Waals surface area contributed by atoms with Crippen LogP contribution in [0.2, 0.25) is 0 Å². The Hall–Kier alpha value is -1.69. The van der Waals surface area contributed by atoms with Crippen molar-refractivity contribution in [3.8, 4) is 0 Å². The second-order valence-electron chi connectivity index (χ2n) is 4.91. The van der Waals surface area contributed by atoms with Crippen molar-refractivity contribution in [1.82, 2.24) is 29.9 Å². The maximum absolute atomic E-state index is 4.44. The van der Waals surface area contributed by atoms with E-state index in [2.05, 4.69) is 48.2 Å². The minimum absolute atomic E-state index is 0.314. The number of rotatable bonds is 6. The molecule has 0 aliphatic rings. The number of nitrogens with one attached hydrogen (secondary N) is 1. The standard InChI is InChI=1S/C13H22N6/c1-5-14-6-12-7-16-18(11(12)4)8-13-15-9-17-19(13)10(2)3/h7,9-10,14H,5-6,8H2,1-4H3. The molecular formula is C13H22N6. The summed E-state index contributed by atoms with van der Waals surface area (Å²) >= 11 is 0. The number of hydrogen-bond donors (Lipinski definition) is 1. The van der Waals surface area contributed by atoms with Crippen LogP contribution < -0.4 is 5.32 Å². The van der Waals surface area contributed by atoms with Gasteiger partial charge in [0.1, 0.15) is 18.7 Å². The van der Waals surface area contributed by atoms with Crippen molar-refractivity contribution < 1.29 is 0 Å². The van der Waals surface area contributed by atoms with Crippen molar-refractivity contribution in [3.05, 3.63) is 29.6 Å². The molecule has 6 heteroatoms. The van der Waals surface area contributed by atoms with Gasteiger partial charge in [0, 0.05) is 23.8 Å². The molecule has 19 heavy (non-hydrogen) atoms. The molecule has 0 radical (unpaired) electrons. The van der Waals surface area contributed by atoms with Crippen LogP contribution in [0, 0.1) is 6.92 Å². The molecule has 2 heterocycles. The van der Waals surface area contributed by atoms with E-state index >= 15 is 0 Å². The van der Waals surface area contributed by atoms with Crippen LogP contribution in [0.5, 0.6) is 0 Å². The lowest BCUT2D eigenvalue weighted by molar-refractivity contribution is 0.485. The summed E-state index contributed by atoms with van der Waals surface area (Å²) in [5.74, 6) is 0.941. The van der Waals surface area contributed by atoms with Gasteiger partial charge in [0.15, 0.2) is 0 Å². The van der Waals surface area contributed by atoms with Crippen molar-refractivity contribution in [2.45, 2.75) is 46.8 Å². The van der Waals surface area contributed by atoms with Gasteiger partial charge in [0.2, 0.25) is 0 Å². The zero-order valence-corrected chi connectivity index (χ0v) is 12.1. The molecule has 0 aromatic carbocycles. The average molecular weight is 262 g/mol. The average Bonchev–Trinajstić information content (AvgIpc) is 2.97. The van der Waals surface area contributed by atoms with E-state index < -0.39 is 0 Å². The number of nitrogens with zero attached hydrogens (tertiary/aromatic N) is 5. The summed E-state index contributed by atoms with van der Waals surface area (Å²) in [5.41, 5.74) is 2.41. The molecule has 2 rings (SSSR count). The maximum Gasteiger partial charge on any atom is 0.148 e. The smallest absolute Gasteiger partial charge is 0.148 e. The fourth-order valence-corrected chi connectivity index (χ4v) is 2.03. The number of aromatic nitrogens is 5. The van der Waals surface area contributed by atoms with Gasteiger partial charge in [-0.1, -0.05) is 6.92 Å².